The summed E-state index contributed by atoms with van der Waals surface area (Å²) in [5.74, 6) is 0. The molecule has 0 heterocycles. The number of aliphatic hydroxyl groups is 1. The predicted octanol–water partition coefficient (Wildman–Crippen LogP) is 1.20. The molecule has 0 bridgehead atoms. The van der Waals surface area contributed by atoms with E-state index in [1.54, 1.807) is 0 Å². The summed E-state index contributed by atoms with van der Waals surface area (Å²) in [7, 11) is 0. The molecule has 1 atom stereocenters. The highest BCUT2D eigenvalue weighted by Crippen LogP contribution is 2.06. The first-order valence-electron chi connectivity index (χ1n) is 4.35. The average Bonchev–Trinajstić information content (AvgIpc) is 1.95. The van der Waals surface area contributed by atoms with Crippen LogP contribution in [0.2, 0.25) is 0 Å². The maximum atomic E-state index is 9.29. The molecule has 0 unspecified atom stereocenters. The molecule has 0 fully saturated rings. The molecule has 0 radical (unpaired) electrons. The summed E-state index contributed by atoms with van der Waals surface area (Å²) in [5.41, 5.74) is -0.187. The third-order valence-corrected chi connectivity index (χ3v) is 1.22. The number of aliphatic hydroxyl groups excluding tert-OH is 1. The predicted molar refractivity (Wildman–Crippen MR) is 48.2 cm³/mol. The topological polar surface area (TPSA) is 38.7 Å². The van der Waals surface area contributed by atoms with E-state index in [0.717, 1.165) is 0 Å². The Bertz CT molecular complexity index is 107. The van der Waals surface area contributed by atoms with Gasteiger partial charge < -0.3 is 14.6 Å². The van der Waals surface area contributed by atoms with Gasteiger partial charge in [0.05, 0.1) is 18.8 Å². The molecule has 0 saturated carbocycles. The fourth-order valence-electron chi connectivity index (χ4n) is 0.648. The molecule has 12 heavy (non-hydrogen) atoms. The van der Waals surface area contributed by atoms with Crippen LogP contribution in [0.25, 0.3) is 0 Å². The molecule has 3 heteroatoms. The van der Waals surface area contributed by atoms with Crippen molar-refractivity contribution in [3.8, 4) is 0 Å². The van der Waals surface area contributed by atoms with Gasteiger partial charge in [0.15, 0.2) is 0 Å². The second-order valence-electron chi connectivity index (χ2n) is 3.74. The van der Waals surface area contributed by atoms with Gasteiger partial charge in [0, 0.05) is 6.61 Å². The fourth-order valence-corrected chi connectivity index (χ4v) is 0.648. The van der Waals surface area contributed by atoms with Crippen molar-refractivity contribution in [1.82, 2.24) is 0 Å². The van der Waals surface area contributed by atoms with Gasteiger partial charge in [-0.05, 0) is 27.7 Å². The zero-order chi connectivity index (χ0) is 9.61. The zero-order valence-corrected chi connectivity index (χ0v) is 8.46. The third kappa shape index (κ3) is 7.98. The Morgan fingerprint density at radius 3 is 2.25 bits per heavy atom. The van der Waals surface area contributed by atoms with Crippen LogP contribution >= 0.6 is 0 Å². The van der Waals surface area contributed by atoms with E-state index in [0.29, 0.717) is 19.8 Å². The number of hydrogen-bond acceptors (Lipinski definition) is 3. The maximum Gasteiger partial charge on any atom is 0.101 e. The van der Waals surface area contributed by atoms with E-state index < -0.39 is 6.10 Å². The van der Waals surface area contributed by atoms with Gasteiger partial charge in [-0.3, -0.25) is 0 Å². The van der Waals surface area contributed by atoms with Crippen molar-refractivity contribution in [3.63, 3.8) is 0 Å². The van der Waals surface area contributed by atoms with Gasteiger partial charge in [-0.2, -0.15) is 0 Å². The molecular formula is C9H20O3. The molecular weight excluding hydrogens is 156 g/mol. The van der Waals surface area contributed by atoms with Crippen molar-refractivity contribution in [2.24, 2.45) is 0 Å². The van der Waals surface area contributed by atoms with E-state index in [9.17, 15) is 5.11 Å². The second-order valence-corrected chi connectivity index (χ2v) is 3.74. The Morgan fingerprint density at radius 2 is 1.83 bits per heavy atom. The van der Waals surface area contributed by atoms with Crippen molar-refractivity contribution >= 4 is 0 Å². The SMILES string of the molecule is CCOC[C@H](O)COC(C)(C)C. The number of rotatable bonds is 5. The minimum absolute atomic E-state index is 0.187. The first kappa shape index (κ1) is 11.9. The van der Waals surface area contributed by atoms with Gasteiger partial charge in [-0.1, -0.05) is 0 Å². The highest BCUT2D eigenvalue weighted by Gasteiger charge is 2.13. The number of hydrogen-bond donors (Lipinski definition) is 1. The summed E-state index contributed by atoms with van der Waals surface area (Å²) in [6.07, 6.45) is -0.510. The molecule has 0 saturated heterocycles. The molecule has 0 aromatic heterocycles. The summed E-state index contributed by atoms with van der Waals surface area (Å²) in [5, 5.41) is 9.29. The standard InChI is InChI=1S/C9H20O3/c1-5-11-6-8(10)7-12-9(2,3)4/h8,10H,5-7H2,1-4H3/t8-/m0/s1. The van der Waals surface area contributed by atoms with Crippen molar-refractivity contribution < 1.29 is 14.6 Å². The lowest BCUT2D eigenvalue weighted by atomic mass is 10.2. The lowest BCUT2D eigenvalue weighted by molar-refractivity contribution is -0.0702. The Labute approximate surface area is 74.7 Å². The minimum Gasteiger partial charge on any atom is -0.388 e. The molecule has 0 rings (SSSR count). The summed E-state index contributed by atoms with van der Waals surface area (Å²) >= 11 is 0. The summed E-state index contributed by atoms with van der Waals surface area (Å²) < 4.78 is 10.4. The van der Waals surface area contributed by atoms with Gasteiger partial charge in [0.2, 0.25) is 0 Å². The fraction of sp³-hybridized carbons (Fsp3) is 1.00. The highest BCUT2D eigenvalue weighted by atomic mass is 16.5. The van der Waals surface area contributed by atoms with Crippen molar-refractivity contribution in [1.29, 1.82) is 0 Å². The van der Waals surface area contributed by atoms with Gasteiger partial charge in [0.1, 0.15) is 6.10 Å². The van der Waals surface area contributed by atoms with Gasteiger partial charge in [0.25, 0.3) is 0 Å². The number of ether oxygens (including phenoxy) is 2. The van der Waals surface area contributed by atoms with Gasteiger partial charge in [-0.25, -0.2) is 0 Å². The van der Waals surface area contributed by atoms with Gasteiger partial charge in [-0.15, -0.1) is 0 Å². The average molecular weight is 176 g/mol. The van der Waals surface area contributed by atoms with Crippen LogP contribution in [-0.4, -0.2) is 36.6 Å². The minimum atomic E-state index is -0.510. The van der Waals surface area contributed by atoms with Crippen LogP contribution in [0.1, 0.15) is 27.7 Å². The lowest BCUT2D eigenvalue weighted by Crippen LogP contribution is -2.28. The Balaban J connectivity index is 3.37. The molecule has 3 nitrogen and oxygen atoms in total. The van der Waals surface area contributed by atoms with Crippen molar-refractivity contribution in [3.05, 3.63) is 0 Å². The molecule has 0 aromatic carbocycles. The molecule has 0 amide bonds. The highest BCUT2D eigenvalue weighted by molar-refractivity contribution is 4.61. The van der Waals surface area contributed by atoms with E-state index in [4.69, 9.17) is 9.47 Å². The zero-order valence-electron chi connectivity index (χ0n) is 8.46. The van der Waals surface area contributed by atoms with E-state index in [2.05, 4.69) is 0 Å². The normalized spacial score (nSPS) is 14.8. The summed E-state index contributed by atoms with van der Waals surface area (Å²) in [6, 6.07) is 0. The monoisotopic (exact) mass is 176 g/mol. The quantitative estimate of drug-likeness (QED) is 0.684. The van der Waals surface area contributed by atoms with Crippen molar-refractivity contribution in [2.45, 2.75) is 39.4 Å². The Hall–Kier alpha value is -0.120. The maximum absolute atomic E-state index is 9.29. The van der Waals surface area contributed by atoms with E-state index in [-0.39, 0.29) is 5.60 Å². The van der Waals surface area contributed by atoms with Crippen molar-refractivity contribution in [2.75, 3.05) is 19.8 Å². The van der Waals surface area contributed by atoms with Crippen LogP contribution in [0.15, 0.2) is 0 Å². The first-order chi connectivity index (χ1) is 5.45. The largest absolute Gasteiger partial charge is 0.388 e. The summed E-state index contributed by atoms with van der Waals surface area (Å²) in [4.78, 5) is 0. The Morgan fingerprint density at radius 1 is 1.25 bits per heavy atom. The van der Waals surface area contributed by atoms with Crippen LogP contribution in [0.4, 0.5) is 0 Å². The van der Waals surface area contributed by atoms with E-state index in [1.807, 2.05) is 27.7 Å². The van der Waals surface area contributed by atoms with Crippen LogP contribution < -0.4 is 0 Å². The van der Waals surface area contributed by atoms with Crippen LogP contribution in [-0.2, 0) is 9.47 Å². The molecule has 0 aromatic rings. The second kappa shape index (κ2) is 5.51. The van der Waals surface area contributed by atoms with Crippen LogP contribution in [0, 0.1) is 0 Å². The Kier molecular flexibility index (Phi) is 5.46. The lowest BCUT2D eigenvalue weighted by Gasteiger charge is -2.21. The summed E-state index contributed by atoms with van der Waals surface area (Å²) in [6.45, 7) is 9.10. The van der Waals surface area contributed by atoms with E-state index >= 15 is 0 Å². The molecule has 0 aliphatic rings. The third-order valence-electron chi connectivity index (χ3n) is 1.22. The van der Waals surface area contributed by atoms with Crippen LogP contribution in [0.5, 0.6) is 0 Å². The van der Waals surface area contributed by atoms with Gasteiger partial charge >= 0.3 is 0 Å². The first-order valence-corrected chi connectivity index (χ1v) is 4.35. The van der Waals surface area contributed by atoms with E-state index in [1.165, 1.54) is 0 Å². The molecule has 1 N–H and O–H groups in total. The molecule has 0 spiro atoms. The molecule has 0 aliphatic heterocycles. The molecule has 0 aliphatic carbocycles. The molecule has 74 valence electrons. The smallest absolute Gasteiger partial charge is 0.101 e. The van der Waals surface area contributed by atoms with Crippen LogP contribution in [0.3, 0.4) is 0 Å².